The lowest BCUT2D eigenvalue weighted by Gasteiger charge is -2.18. The molecule has 0 aromatic heterocycles. The summed E-state index contributed by atoms with van der Waals surface area (Å²) >= 11 is 3.19. The van der Waals surface area contributed by atoms with Crippen molar-refractivity contribution in [3.63, 3.8) is 0 Å². The van der Waals surface area contributed by atoms with Crippen molar-refractivity contribution in [3.8, 4) is 5.75 Å². The maximum Gasteiger partial charge on any atom is 0.265 e. The van der Waals surface area contributed by atoms with Crippen LogP contribution in [0.3, 0.4) is 0 Å². The third-order valence-electron chi connectivity index (χ3n) is 3.87. The van der Waals surface area contributed by atoms with E-state index in [-0.39, 0.29) is 11.6 Å². The van der Waals surface area contributed by atoms with E-state index in [1.54, 1.807) is 6.07 Å². The van der Waals surface area contributed by atoms with Crippen molar-refractivity contribution >= 4 is 38.3 Å². The summed E-state index contributed by atoms with van der Waals surface area (Å²) in [5.41, 5.74) is 0.133. The number of anilines is 1. The average molecular weight is 402 g/mol. The van der Waals surface area contributed by atoms with Gasteiger partial charge in [-0.3, -0.25) is 4.79 Å². The summed E-state index contributed by atoms with van der Waals surface area (Å²) in [5, 5.41) is 4.57. The van der Waals surface area contributed by atoms with Gasteiger partial charge in [0.15, 0.2) is 6.10 Å². The van der Waals surface area contributed by atoms with Gasteiger partial charge in [0.2, 0.25) is 0 Å². The average Bonchev–Trinajstić information content (AvgIpc) is 2.62. The number of benzene rings is 3. The van der Waals surface area contributed by atoms with Crippen LogP contribution in [0.25, 0.3) is 10.8 Å². The number of carbonyl (C=O) groups is 1. The summed E-state index contributed by atoms with van der Waals surface area (Å²) in [6.07, 6.45) is -0.249. The van der Waals surface area contributed by atoms with E-state index in [1.165, 1.54) is 12.1 Å². The second kappa shape index (κ2) is 7.66. The Labute approximate surface area is 153 Å². The zero-order chi connectivity index (χ0) is 17.8. The van der Waals surface area contributed by atoms with Crippen LogP contribution >= 0.6 is 15.9 Å². The molecule has 0 heterocycles. The van der Waals surface area contributed by atoms with E-state index in [0.29, 0.717) is 16.6 Å². The first-order valence-corrected chi connectivity index (χ1v) is 8.78. The molecule has 1 N–H and O–H groups in total. The molecule has 0 saturated heterocycles. The lowest BCUT2D eigenvalue weighted by Crippen LogP contribution is -2.32. The molecule has 3 nitrogen and oxygen atoms in total. The Hall–Kier alpha value is -2.40. The van der Waals surface area contributed by atoms with Crippen molar-refractivity contribution in [1.29, 1.82) is 0 Å². The van der Waals surface area contributed by atoms with Crippen LogP contribution in [0.1, 0.15) is 13.3 Å². The van der Waals surface area contributed by atoms with Gasteiger partial charge in [0.05, 0.1) is 5.69 Å². The van der Waals surface area contributed by atoms with E-state index in [9.17, 15) is 9.18 Å². The molecule has 128 valence electrons. The summed E-state index contributed by atoms with van der Waals surface area (Å²) in [6.45, 7) is 1.85. The third kappa shape index (κ3) is 3.99. The van der Waals surface area contributed by atoms with Crippen LogP contribution in [0.4, 0.5) is 10.1 Å². The lowest BCUT2D eigenvalue weighted by atomic mass is 10.1. The Kier molecular flexibility index (Phi) is 5.34. The topological polar surface area (TPSA) is 38.3 Å². The van der Waals surface area contributed by atoms with Gasteiger partial charge < -0.3 is 10.1 Å². The van der Waals surface area contributed by atoms with Gasteiger partial charge in [-0.2, -0.15) is 0 Å². The fourth-order valence-corrected chi connectivity index (χ4v) is 2.91. The minimum absolute atomic E-state index is 0.133. The highest BCUT2D eigenvalue weighted by Gasteiger charge is 2.20. The molecular formula is C20H17BrFNO2. The highest BCUT2D eigenvalue weighted by atomic mass is 79.9. The smallest absolute Gasteiger partial charge is 0.265 e. The maximum atomic E-state index is 13.9. The molecule has 0 unspecified atom stereocenters. The van der Waals surface area contributed by atoms with Gasteiger partial charge in [0, 0.05) is 9.86 Å². The molecule has 3 rings (SSSR count). The standard InChI is InChI=1S/C20H17BrFNO2/c1-2-18(20(24)23-17-11-10-14(21)12-16(17)22)25-19-9-5-7-13-6-3-4-8-15(13)19/h3-12,18H,2H2,1H3,(H,23,24)/t18-/m1/s1. The lowest BCUT2D eigenvalue weighted by molar-refractivity contribution is -0.122. The fourth-order valence-electron chi connectivity index (χ4n) is 2.58. The number of rotatable bonds is 5. The van der Waals surface area contributed by atoms with Crippen LogP contribution in [0, 0.1) is 5.82 Å². The van der Waals surface area contributed by atoms with Gasteiger partial charge in [-0.05, 0) is 36.1 Å². The molecule has 1 amide bonds. The number of hydrogen-bond donors (Lipinski definition) is 1. The van der Waals surface area contributed by atoms with Crippen molar-refractivity contribution in [2.45, 2.75) is 19.4 Å². The number of nitrogens with one attached hydrogen (secondary N) is 1. The van der Waals surface area contributed by atoms with E-state index in [1.807, 2.05) is 49.4 Å². The van der Waals surface area contributed by atoms with Crippen molar-refractivity contribution in [3.05, 3.63) is 71.0 Å². The van der Waals surface area contributed by atoms with E-state index in [4.69, 9.17) is 4.74 Å². The number of amides is 1. The van der Waals surface area contributed by atoms with Gasteiger partial charge in [-0.15, -0.1) is 0 Å². The molecule has 0 saturated carbocycles. The number of ether oxygens (including phenoxy) is 1. The Morgan fingerprint density at radius 3 is 2.68 bits per heavy atom. The number of fused-ring (bicyclic) bond motifs is 1. The minimum atomic E-state index is -0.714. The first-order chi connectivity index (χ1) is 12.1. The van der Waals surface area contributed by atoms with Crippen LogP contribution < -0.4 is 10.1 Å². The predicted molar refractivity (Wildman–Crippen MR) is 101 cm³/mol. The zero-order valence-electron chi connectivity index (χ0n) is 13.6. The first kappa shape index (κ1) is 17.4. The molecule has 25 heavy (non-hydrogen) atoms. The van der Waals surface area contributed by atoms with Crippen LogP contribution in [0.5, 0.6) is 5.75 Å². The van der Waals surface area contributed by atoms with Crippen LogP contribution in [0.15, 0.2) is 65.1 Å². The van der Waals surface area contributed by atoms with Crippen molar-refractivity contribution < 1.29 is 13.9 Å². The second-order valence-electron chi connectivity index (χ2n) is 5.61. The summed E-state index contributed by atoms with van der Waals surface area (Å²) in [4.78, 5) is 12.5. The van der Waals surface area contributed by atoms with E-state index >= 15 is 0 Å². The summed E-state index contributed by atoms with van der Waals surface area (Å²) < 4.78 is 20.5. The molecule has 0 aliphatic rings. The Morgan fingerprint density at radius 2 is 1.92 bits per heavy atom. The molecule has 3 aromatic rings. The Bertz CT molecular complexity index is 908. The molecule has 5 heteroatoms. The molecule has 0 radical (unpaired) electrons. The molecule has 0 fully saturated rings. The highest BCUT2D eigenvalue weighted by Crippen LogP contribution is 2.27. The summed E-state index contributed by atoms with van der Waals surface area (Å²) in [7, 11) is 0. The number of hydrogen-bond acceptors (Lipinski definition) is 2. The number of carbonyl (C=O) groups excluding carboxylic acids is 1. The van der Waals surface area contributed by atoms with Crippen molar-refractivity contribution in [1.82, 2.24) is 0 Å². The second-order valence-corrected chi connectivity index (χ2v) is 6.52. The molecular weight excluding hydrogens is 385 g/mol. The van der Waals surface area contributed by atoms with Gasteiger partial charge >= 0.3 is 0 Å². The van der Waals surface area contributed by atoms with Gasteiger partial charge in [-0.25, -0.2) is 4.39 Å². The molecule has 0 bridgehead atoms. The van der Waals surface area contributed by atoms with E-state index < -0.39 is 11.9 Å². The Balaban J connectivity index is 1.80. The third-order valence-corrected chi connectivity index (χ3v) is 4.36. The fraction of sp³-hybridized carbons (Fsp3) is 0.150. The van der Waals surface area contributed by atoms with Crippen LogP contribution in [-0.4, -0.2) is 12.0 Å². The zero-order valence-corrected chi connectivity index (χ0v) is 15.2. The monoisotopic (exact) mass is 401 g/mol. The van der Waals surface area contributed by atoms with E-state index in [0.717, 1.165) is 10.8 Å². The summed E-state index contributed by atoms with van der Waals surface area (Å²) in [5.74, 6) is -0.240. The van der Waals surface area contributed by atoms with Gasteiger partial charge in [-0.1, -0.05) is 59.3 Å². The van der Waals surface area contributed by atoms with Gasteiger partial charge in [0.25, 0.3) is 5.91 Å². The Morgan fingerprint density at radius 1 is 1.16 bits per heavy atom. The van der Waals surface area contributed by atoms with E-state index in [2.05, 4.69) is 21.2 Å². The molecule has 0 aliphatic carbocycles. The maximum absolute atomic E-state index is 13.9. The van der Waals surface area contributed by atoms with Gasteiger partial charge in [0.1, 0.15) is 11.6 Å². The largest absolute Gasteiger partial charge is 0.480 e. The molecule has 0 aliphatic heterocycles. The quantitative estimate of drug-likeness (QED) is 0.609. The minimum Gasteiger partial charge on any atom is -0.480 e. The number of halogens is 2. The van der Waals surface area contributed by atoms with Crippen LogP contribution in [-0.2, 0) is 4.79 Å². The molecule has 1 atom stereocenters. The van der Waals surface area contributed by atoms with Crippen molar-refractivity contribution in [2.24, 2.45) is 0 Å². The molecule has 3 aromatic carbocycles. The predicted octanol–water partition coefficient (Wildman–Crippen LogP) is 5.54. The molecule has 0 spiro atoms. The SMILES string of the molecule is CC[C@@H](Oc1cccc2ccccc12)C(=O)Nc1ccc(Br)cc1F. The highest BCUT2D eigenvalue weighted by molar-refractivity contribution is 9.10. The van der Waals surface area contributed by atoms with Crippen molar-refractivity contribution in [2.75, 3.05) is 5.32 Å². The summed E-state index contributed by atoms with van der Waals surface area (Å²) in [6, 6.07) is 18.0. The van der Waals surface area contributed by atoms with Crippen LogP contribution in [0.2, 0.25) is 0 Å². The first-order valence-electron chi connectivity index (χ1n) is 7.99. The normalized spacial score (nSPS) is 12.0.